The summed E-state index contributed by atoms with van der Waals surface area (Å²) in [6.45, 7) is 6.47. The van der Waals surface area contributed by atoms with Crippen LogP contribution in [0.2, 0.25) is 0 Å². The average Bonchev–Trinajstić information content (AvgIpc) is 2.64. The molecule has 1 aromatic heterocycles. The first-order valence-corrected chi connectivity index (χ1v) is 6.37. The van der Waals surface area contributed by atoms with Crippen molar-refractivity contribution in [2.24, 2.45) is 11.8 Å². The molecule has 1 heterocycles. The largest absolute Gasteiger partial charge is 0.311 e. The Morgan fingerprint density at radius 1 is 1.38 bits per heavy atom. The van der Waals surface area contributed by atoms with E-state index in [1.54, 1.807) is 0 Å². The van der Waals surface area contributed by atoms with Crippen LogP contribution < -0.4 is 5.32 Å². The lowest BCUT2D eigenvalue weighted by Crippen LogP contribution is -2.21. The molecule has 2 nitrogen and oxygen atoms in total. The predicted molar refractivity (Wildman–Crippen MR) is 67.2 cm³/mol. The van der Waals surface area contributed by atoms with E-state index in [0.29, 0.717) is 0 Å². The second kappa shape index (κ2) is 5.44. The highest BCUT2D eigenvalue weighted by Crippen LogP contribution is 2.29. The van der Waals surface area contributed by atoms with Crippen molar-refractivity contribution in [2.75, 3.05) is 6.54 Å². The maximum atomic E-state index is 4.49. The monoisotopic (exact) mass is 218 g/mol. The van der Waals surface area contributed by atoms with Gasteiger partial charge in [-0.2, -0.15) is 0 Å². The Morgan fingerprint density at radius 2 is 2.25 bits per heavy atom. The molecule has 1 fully saturated rings. The van der Waals surface area contributed by atoms with Crippen molar-refractivity contribution >= 4 is 0 Å². The molecule has 0 amide bonds. The molecule has 0 saturated heterocycles. The van der Waals surface area contributed by atoms with E-state index in [1.165, 1.54) is 19.3 Å². The maximum Gasteiger partial charge on any atom is 0.0544 e. The van der Waals surface area contributed by atoms with E-state index in [9.17, 15) is 0 Å². The third-order valence-electron chi connectivity index (χ3n) is 3.49. The highest BCUT2D eigenvalue weighted by molar-refractivity contribution is 5.09. The Bertz CT molecular complexity index is 335. The van der Waals surface area contributed by atoms with Crippen LogP contribution in [0.4, 0.5) is 0 Å². The fourth-order valence-corrected chi connectivity index (χ4v) is 2.61. The quantitative estimate of drug-likeness (QED) is 0.840. The fraction of sp³-hybridized carbons (Fsp3) is 0.643. The smallest absolute Gasteiger partial charge is 0.0544 e. The van der Waals surface area contributed by atoms with Gasteiger partial charge in [0.2, 0.25) is 0 Å². The molecule has 0 aromatic carbocycles. The van der Waals surface area contributed by atoms with E-state index in [-0.39, 0.29) is 0 Å². The molecule has 0 aliphatic heterocycles. The third-order valence-corrected chi connectivity index (χ3v) is 3.49. The van der Waals surface area contributed by atoms with Gasteiger partial charge in [0.1, 0.15) is 0 Å². The minimum absolute atomic E-state index is 0.889. The molecule has 2 atom stereocenters. The van der Waals surface area contributed by atoms with Gasteiger partial charge >= 0.3 is 0 Å². The molecule has 0 spiro atoms. The number of aryl methyl sites for hydroxylation is 1. The van der Waals surface area contributed by atoms with Gasteiger partial charge in [-0.05, 0) is 50.3 Å². The normalized spacial score (nSPS) is 24.9. The molecule has 0 bridgehead atoms. The number of pyridine rings is 1. The highest BCUT2D eigenvalue weighted by atomic mass is 14.9. The van der Waals surface area contributed by atoms with E-state index >= 15 is 0 Å². The first-order valence-electron chi connectivity index (χ1n) is 6.37. The van der Waals surface area contributed by atoms with Gasteiger partial charge in [0.15, 0.2) is 0 Å². The lowest BCUT2D eigenvalue weighted by atomic mass is 10.1. The van der Waals surface area contributed by atoms with E-state index < -0.39 is 0 Å². The maximum absolute atomic E-state index is 4.49. The van der Waals surface area contributed by atoms with Gasteiger partial charge in [-0.3, -0.25) is 4.98 Å². The van der Waals surface area contributed by atoms with Gasteiger partial charge in [-0.1, -0.05) is 19.4 Å². The van der Waals surface area contributed by atoms with Crippen LogP contribution >= 0.6 is 0 Å². The van der Waals surface area contributed by atoms with E-state index in [1.807, 2.05) is 13.0 Å². The summed E-state index contributed by atoms with van der Waals surface area (Å²) in [7, 11) is 0. The van der Waals surface area contributed by atoms with Crippen molar-refractivity contribution in [3.63, 3.8) is 0 Å². The first-order chi connectivity index (χ1) is 7.74. The predicted octanol–water partition coefficient (Wildman–Crippen LogP) is 2.92. The van der Waals surface area contributed by atoms with Gasteiger partial charge in [-0.15, -0.1) is 0 Å². The van der Waals surface area contributed by atoms with Gasteiger partial charge in [0.25, 0.3) is 0 Å². The molecule has 16 heavy (non-hydrogen) atoms. The zero-order valence-corrected chi connectivity index (χ0v) is 10.4. The lowest BCUT2D eigenvalue weighted by Gasteiger charge is -2.10. The summed E-state index contributed by atoms with van der Waals surface area (Å²) in [5.74, 6) is 1.82. The van der Waals surface area contributed by atoms with Crippen LogP contribution in [0.15, 0.2) is 18.2 Å². The first kappa shape index (κ1) is 11.6. The second-order valence-electron chi connectivity index (χ2n) is 5.19. The zero-order valence-electron chi connectivity index (χ0n) is 10.4. The number of aromatic nitrogens is 1. The average molecular weight is 218 g/mol. The van der Waals surface area contributed by atoms with Crippen LogP contribution in [-0.4, -0.2) is 11.5 Å². The van der Waals surface area contributed by atoms with E-state index in [2.05, 4.69) is 29.4 Å². The molecule has 1 aliphatic rings. The zero-order chi connectivity index (χ0) is 11.4. The number of rotatable bonds is 4. The molecule has 88 valence electrons. The van der Waals surface area contributed by atoms with E-state index in [4.69, 9.17) is 0 Å². The van der Waals surface area contributed by atoms with Crippen LogP contribution in [0.5, 0.6) is 0 Å². The molecule has 0 radical (unpaired) electrons. The molecular formula is C14H22N2. The number of nitrogens with one attached hydrogen (secondary N) is 1. The minimum atomic E-state index is 0.889. The lowest BCUT2D eigenvalue weighted by molar-refractivity contribution is 0.469. The van der Waals surface area contributed by atoms with Crippen LogP contribution in [0, 0.1) is 18.8 Å². The molecule has 2 heteroatoms. The summed E-state index contributed by atoms with van der Waals surface area (Å²) in [6, 6.07) is 6.22. The summed E-state index contributed by atoms with van der Waals surface area (Å²) in [4.78, 5) is 4.49. The Hall–Kier alpha value is -0.890. The van der Waals surface area contributed by atoms with Gasteiger partial charge in [-0.25, -0.2) is 0 Å². The Kier molecular flexibility index (Phi) is 3.94. The fourth-order valence-electron chi connectivity index (χ4n) is 2.61. The van der Waals surface area contributed by atoms with Gasteiger partial charge in [0.05, 0.1) is 5.69 Å². The van der Waals surface area contributed by atoms with Crippen LogP contribution in [0.3, 0.4) is 0 Å². The second-order valence-corrected chi connectivity index (χ2v) is 5.19. The minimum Gasteiger partial charge on any atom is -0.311 e. The highest BCUT2D eigenvalue weighted by Gasteiger charge is 2.20. The van der Waals surface area contributed by atoms with Gasteiger partial charge in [0, 0.05) is 12.2 Å². The van der Waals surface area contributed by atoms with Crippen LogP contribution in [0.25, 0.3) is 0 Å². The molecule has 1 aromatic rings. The number of hydrogen-bond donors (Lipinski definition) is 1. The van der Waals surface area contributed by atoms with Crippen LogP contribution in [-0.2, 0) is 6.54 Å². The summed E-state index contributed by atoms with van der Waals surface area (Å²) in [5, 5.41) is 3.53. The van der Waals surface area contributed by atoms with Crippen molar-refractivity contribution in [1.29, 1.82) is 0 Å². The number of nitrogens with zero attached hydrogens (tertiary/aromatic N) is 1. The van der Waals surface area contributed by atoms with Crippen molar-refractivity contribution < 1.29 is 0 Å². The van der Waals surface area contributed by atoms with Crippen molar-refractivity contribution in [1.82, 2.24) is 10.3 Å². The topological polar surface area (TPSA) is 24.9 Å². The molecular weight excluding hydrogens is 196 g/mol. The van der Waals surface area contributed by atoms with Crippen molar-refractivity contribution in [3.05, 3.63) is 29.6 Å². The summed E-state index contributed by atoms with van der Waals surface area (Å²) in [5.41, 5.74) is 2.26. The number of hydrogen-bond acceptors (Lipinski definition) is 2. The molecule has 2 unspecified atom stereocenters. The van der Waals surface area contributed by atoms with E-state index in [0.717, 1.165) is 36.3 Å². The van der Waals surface area contributed by atoms with Crippen molar-refractivity contribution in [2.45, 2.75) is 39.7 Å². The summed E-state index contributed by atoms with van der Waals surface area (Å²) in [6.07, 6.45) is 4.21. The molecule has 1 aliphatic carbocycles. The summed E-state index contributed by atoms with van der Waals surface area (Å²) >= 11 is 0. The Morgan fingerprint density at radius 3 is 2.94 bits per heavy atom. The van der Waals surface area contributed by atoms with Gasteiger partial charge < -0.3 is 5.32 Å². The molecule has 2 rings (SSSR count). The van der Waals surface area contributed by atoms with Crippen LogP contribution in [0.1, 0.15) is 37.6 Å². The molecule has 1 N–H and O–H groups in total. The Balaban J connectivity index is 1.72. The Labute approximate surface area is 98.5 Å². The molecule has 1 saturated carbocycles. The standard InChI is InChI=1S/C14H22N2/c1-11-6-7-13(8-11)9-15-10-14-5-3-4-12(2)16-14/h3-5,11,13,15H,6-10H2,1-2H3. The SMILES string of the molecule is Cc1cccc(CNCC2CCC(C)C2)n1. The van der Waals surface area contributed by atoms with Crippen molar-refractivity contribution in [3.8, 4) is 0 Å². The third kappa shape index (κ3) is 3.31. The summed E-state index contributed by atoms with van der Waals surface area (Å²) < 4.78 is 0.